The van der Waals surface area contributed by atoms with Crippen molar-refractivity contribution in [1.82, 2.24) is 9.80 Å². The Labute approximate surface area is 158 Å². The molecule has 1 unspecified atom stereocenters. The fourth-order valence-electron chi connectivity index (χ4n) is 3.07. The minimum atomic E-state index is -0.410. The second kappa shape index (κ2) is 11.7. The van der Waals surface area contributed by atoms with E-state index in [0.717, 1.165) is 44.6 Å². The summed E-state index contributed by atoms with van der Waals surface area (Å²) in [6.07, 6.45) is 4.01. The van der Waals surface area contributed by atoms with Gasteiger partial charge < -0.3 is 15.5 Å². The van der Waals surface area contributed by atoms with Crippen LogP contribution in [0.1, 0.15) is 37.3 Å². The molecule has 1 fully saturated rings. The molecule has 138 valence electrons. The van der Waals surface area contributed by atoms with Crippen LogP contribution in [0.4, 0.5) is 0 Å². The maximum Gasteiger partial charge on any atom is 0.239 e. The molecule has 1 aliphatic rings. The number of nitrogens with zero attached hydrogens (tertiary/aromatic N) is 2. The van der Waals surface area contributed by atoms with Gasteiger partial charge in [-0.05, 0) is 50.4 Å². The lowest BCUT2D eigenvalue weighted by Crippen LogP contribution is -2.43. The second-order valence-corrected chi connectivity index (χ2v) is 6.40. The van der Waals surface area contributed by atoms with Crippen molar-refractivity contribution in [3.8, 4) is 0 Å². The van der Waals surface area contributed by atoms with Crippen molar-refractivity contribution in [3.05, 3.63) is 35.4 Å². The van der Waals surface area contributed by atoms with Crippen LogP contribution in [0.15, 0.2) is 24.3 Å². The third kappa shape index (κ3) is 6.98. The van der Waals surface area contributed by atoms with Gasteiger partial charge in [0.05, 0.1) is 6.04 Å². The lowest BCUT2D eigenvalue weighted by molar-refractivity contribution is -0.131. The Morgan fingerprint density at radius 1 is 1.17 bits per heavy atom. The summed E-state index contributed by atoms with van der Waals surface area (Å²) in [5.41, 5.74) is 8.53. The van der Waals surface area contributed by atoms with E-state index in [0.29, 0.717) is 6.42 Å². The zero-order chi connectivity index (χ0) is 15.9. The first-order valence-corrected chi connectivity index (χ1v) is 8.41. The molecule has 0 spiro atoms. The monoisotopic (exact) mass is 375 g/mol. The maximum absolute atomic E-state index is 12.2. The number of halogens is 2. The lowest BCUT2D eigenvalue weighted by atomic mass is 10.0. The van der Waals surface area contributed by atoms with Crippen LogP contribution in [0.25, 0.3) is 0 Å². The summed E-state index contributed by atoms with van der Waals surface area (Å²) in [4.78, 5) is 16.4. The van der Waals surface area contributed by atoms with Crippen LogP contribution in [0.5, 0.6) is 0 Å². The Balaban J connectivity index is 0.00000264. The van der Waals surface area contributed by atoms with Gasteiger partial charge in [0.2, 0.25) is 5.91 Å². The highest BCUT2D eigenvalue weighted by Crippen LogP contribution is 2.12. The second-order valence-electron chi connectivity index (χ2n) is 6.40. The van der Waals surface area contributed by atoms with Gasteiger partial charge in [-0.3, -0.25) is 4.79 Å². The summed E-state index contributed by atoms with van der Waals surface area (Å²) in [6, 6.07) is 8.09. The number of hydrogen-bond acceptors (Lipinski definition) is 3. The number of likely N-dealkylation sites (tertiary alicyclic amines) is 1. The molecule has 4 nitrogen and oxygen atoms in total. The van der Waals surface area contributed by atoms with E-state index in [1.165, 1.54) is 12.0 Å². The molecule has 2 rings (SSSR count). The van der Waals surface area contributed by atoms with Crippen molar-refractivity contribution in [2.24, 2.45) is 5.73 Å². The Morgan fingerprint density at radius 3 is 2.25 bits per heavy atom. The predicted molar refractivity (Wildman–Crippen MR) is 105 cm³/mol. The average Bonchev–Trinajstić information content (AvgIpc) is 3.03. The van der Waals surface area contributed by atoms with Gasteiger partial charge in [0.15, 0.2) is 0 Å². The molecule has 0 saturated carbocycles. The van der Waals surface area contributed by atoms with Gasteiger partial charge >= 0.3 is 0 Å². The van der Waals surface area contributed by atoms with E-state index in [1.54, 1.807) is 0 Å². The van der Waals surface area contributed by atoms with E-state index in [9.17, 15) is 4.79 Å². The Morgan fingerprint density at radius 2 is 1.71 bits per heavy atom. The summed E-state index contributed by atoms with van der Waals surface area (Å²) >= 11 is 0. The number of carbonyl (C=O) groups excluding carboxylic acids is 1. The van der Waals surface area contributed by atoms with Crippen molar-refractivity contribution in [1.29, 1.82) is 0 Å². The largest absolute Gasteiger partial charge is 0.341 e. The molecule has 0 bridgehead atoms. The van der Waals surface area contributed by atoms with Crippen LogP contribution in [-0.4, -0.2) is 48.4 Å². The van der Waals surface area contributed by atoms with Gasteiger partial charge in [-0.2, -0.15) is 0 Å². The summed E-state index contributed by atoms with van der Waals surface area (Å²) in [7, 11) is 2.14. The van der Waals surface area contributed by atoms with Crippen molar-refractivity contribution in [2.45, 2.75) is 45.2 Å². The molecular weight excluding hydrogens is 345 g/mol. The number of amides is 1. The predicted octanol–water partition coefficient (Wildman–Crippen LogP) is 2.86. The van der Waals surface area contributed by atoms with Gasteiger partial charge in [0.1, 0.15) is 0 Å². The average molecular weight is 376 g/mol. The molecule has 1 amide bonds. The SMILES string of the molecule is CCCN(C)Cc1ccc(CC(N)C(=O)N2CCCC2)cc1.Cl.Cl. The molecule has 1 saturated heterocycles. The van der Waals surface area contributed by atoms with E-state index in [1.807, 2.05) is 4.90 Å². The molecule has 2 N–H and O–H groups in total. The molecule has 0 radical (unpaired) electrons. The van der Waals surface area contributed by atoms with Crippen molar-refractivity contribution < 1.29 is 4.79 Å². The molecule has 24 heavy (non-hydrogen) atoms. The van der Waals surface area contributed by atoms with Gasteiger partial charge in [-0.15, -0.1) is 24.8 Å². The molecule has 0 aromatic heterocycles. The molecule has 6 heteroatoms. The maximum atomic E-state index is 12.2. The summed E-state index contributed by atoms with van der Waals surface area (Å²) in [6.45, 7) is 6.01. The third-order valence-corrected chi connectivity index (χ3v) is 4.27. The quantitative estimate of drug-likeness (QED) is 0.796. The first kappa shape index (κ1) is 23.2. The number of benzene rings is 1. The molecule has 1 aromatic rings. The molecular formula is C18H31Cl2N3O. The Kier molecular flexibility index (Phi) is 11.3. The van der Waals surface area contributed by atoms with E-state index in [4.69, 9.17) is 5.73 Å². The van der Waals surface area contributed by atoms with Gasteiger partial charge in [-0.25, -0.2) is 0 Å². The van der Waals surface area contributed by atoms with Gasteiger partial charge in [0, 0.05) is 19.6 Å². The smallest absolute Gasteiger partial charge is 0.239 e. The highest BCUT2D eigenvalue weighted by molar-refractivity contribution is 5.85. The zero-order valence-corrected chi connectivity index (χ0v) is 16.4. The molecule has 0 aliphatic carbocycles. The van der Waals surface area contributed by atoms with Crippen LogP contribution in [-0.2, 0) is 17.8 Å². The number of hydrogen-bond donors (Lipinski definition) is 1. The summed E-state index contributed by atoms with van der Waals surface area (Å²) in [5, 5.41) is 0. The summed E-state index contributed by atoms with van der Waals surface area (Å²) in [5.74, 6) is 0.101. The van der Waals surface area contributed by atoms with Crippen LogP contribution in [0, 0.1) is 0 Å². The third-order valence-electron chi connectivity index (χ3n) is 4.27. The summed E-state index contributed by atoms with van der Waals surface area (Å²) < 4.78 is 0. The standard InChI is InChI=1S/C18H29N3O.2ClH/c1-3-10-20(2)14-16-8-6-15(7-9-16)13-17(19)18(22)21-11-4-5-12-21;;/h6-9,17H,3-5,10-14,19H2,1-2H3;2*1H. The minimum Gasteiger partial charge on any atom is -0.341 e. The fourth-order valence-corrected chi connectivity index (χ4v) is 3.07. The lowest BCUT2D eigenvalue weighted by Gasteiger charge is -2.20. The van der Waals surface area contributed by atoms with Crippen LogP contribution in [0.3, 0.4) is 0 Å². The van der Waals surface area contributed by atoms with E-state index in [-0.39, 0.29) is 30.7 Å². The van der Waals surface area contributed by atoms with Crippen LogP contribution < -0.4 is 5.73 Å². The molecule has 1 aromatic carbocycles. The van der Waals surface area contributed by atoms with Crippen LogP contribution in [0.2, 0.25) is 0 Å². The van der Waals surface area contributed by atoms with Crippen molar-refractivity contribution in [3.63, 3.8) is 0 Å². The number of nitrogens with two attached hydrogens (primary N) is 1. The van der Waals surface area contributed by atoms with E-state index in [2.05, 4.69) is 43.1 Å². The van der Waals surface area contributed by atoms with Crippen molar-refractivity contribution >= 4 is 30.7 Å². The Hall–Kier alpha value is -0.810. The van der Waals surface area contributed by atoms with E-state index < -0.39 is 6.04 Å². The minimum absolute atomic E-state index is 0. The van der Waals surface area contributed by atoms with Gasteiger partial charge in [0.25, 0.3) is 0 Å². The first-order chi connectivity index (χ1) is 10.6. The Bertz CT molecular complexity index is 476. The number of carbonyl (C=O) groups is 1. The highest BCUT2D eigenvalue weighted by Gasteiger charge is 2.23. The van der Waals surface area contributed by atoms with Crippen LogP contribution >= 0.6 is 24.8 Å². The van der Waals surface area contributed by atoms with Gasteiger partial charge in [-0.1, -0.05) is 31.2 Å². The number of rotatable bonds is 7. The zero-order valence-electron chi connectivity index (χ0n) is 14.7. The molecule has 1 heterocycles. The normalized spacial score (nSPS) is 14.9. The molecule has 1 aliphatic heterocycles. The topological polar surface area (TPSA) is 49.6 Å². The fraction of sp³-hybridized carbons (Fsp3) is 0.611. The van der Waals surface area contributed by atoms with Crippen molar-refractivity contribution in [2.75, 3.05) is 26.7 Å². The first-order valence-electron chi connectivity index (χ1n) is 8.41. The highest BCUT2D eigenvalue weighted by atomic mass is 35.5. The van der Waals surface area contributed by atoms with E-state index >= 15 is 0 Å². The molecule has 1 atom stereocenters.